The van der Waals surface area contributed by atoms with E-state index in [1.54, 1.807) is 32.5 Å². The molecule has 202 valence electrons. The minimum atomic E-state index is -0.129. The van der Waals surface area contributed by atoms with Crippen LogP contribution in [0.3, 0.4) is 0 Å². The van der Waals surface area contributed by atoms with Gasteiger partial charge < -0.3 is 9.13 Å². The second-order valence-corrected chi connectivity index (χ2v) is 14.6. The predicted octanol–water partition coefficient (Wildman–Crippen LogP) is 6.92. The van der Waals surface area contributed by atoms with Crippen LogP contribution in [0.5, 0.6) is 0 Å². The van der Waals surface area contributed by atoms with E-state index in [1.807, 2.05) is 26.0 Å². The number of benzene rings is 1. The topological polar surface area (TPSA) is 75.2 Å². The third-order valence-electron chi connectivity index (χ3n) is 7.17. The van der Waals surface area contributed by atoms with Crippen LogP contribution in [-0.4, -0.2) is 62.6 Å². The van der Waals surface area contributed by atoms with E-state index in [-0.39, 0.29) is 11.8 Å². The number of aliphatic imine (C=N–C) groups is 2. The van der Waals surface area contributed by atoms with E-state index in [4.69, 9.17) is 24.4 Å². The molecule has 2 amide bonds. The van der Waals surface area contributed by atoms with Crippen LogP contribution in [0.25, 0.3) is 42.2 Å². The Labute approximate surface area is 255 Å². The Hall–Kier alpha value is -2.62. The molecule has 0 N–H and O–H groups in total. The number of hydrogen-bond donors (Lipinski definition) is 0. The normalized spacial score (nSPS) is 18.7. The lowest BCUT2D eigenvalue weighted by Gasteiger charge is -2.08. The zero-order valence-electron chi connectivity index (χ0n) is 21.7. The molecule has 0 unspecified atom stereocenters. The summed E-state index contributed by atoms with van der Waals surface area (Å²) in [6.07, 6.45) is 0. The van der Waals surface area contributed by atoms with Gasteiger partial charge in [0, 0.05) is 38.0 Å². The average Bonchev–Trinajstić information content (AvgIpc) is 3.73. The zero-order valence-corrected chi connectivity index (χ0v) is 26.6. The van der Waals surface area contributed by atoms with Crippen molar-refractivity contribution >= 4 is 153 Å². The fourth-order valence-electron chi connectivity index (χ4n) is 5.13. The standard InChI is InChI=1S/C26H20N6O2S6/c1-5-31-23(33)21(39-25(31)35)27-17-9-15-19(37-17)11-7-14-12(8-13(11)29(15)3)20-16(30(14)4)10-18(38-20)28-22-24(34)32(6-2)26(36)40-22/h7-10H,5-6H2,1-4H3. The molecule has 14 heteroatoms. The number of thioether (sulfide) groups is 2. The molecule has 4 aromatic heterocycles. The molecule has 0 atom stereocenters. The van der Waals surface area contributed by atoms with Gasteiger partial charge in [0.05, 0.1) is 31.5 Å². The van der Waals surface area contributed by atoms with Gasteiger partial charge in [-0.1, -0.05) is 24.4 Å². The lowest BCUT2D eigenvalue weighted by Crippen LogP contribution is -2.29. The molecule has 6 heterocycles. The Morgan fingerprint density at radius 2 is 1.07 bits per heavy atom. The molecule has 7 rings (SSSR count). The molecule has 1 aromatic carbocycles. The molecule has 0 spiro atoms. The third kappa shape index (κ3) is 3.77. The Balaban J connectivity index is 1.32. The molecule has 0 saturated carbocycles. The number of carbonyl (C=O) groups is 2. The molecule has 40 heavy (non-hydrogen) atoms. The summed E-state index contributed by atoms with van der Waals surface area (Å²) in [6.45, 7) is 4.91. The van der Waals surface area contributed by atoms with Crippen LogP contribution in [0, 0.1) is 0 Å². The van der Waals surface area contributed by atoms with Crippen LogP contribution >= 0.6 is 70.6 Å². The van der Waals surface area contributed by atoms with Crippen LogP contribution in [0.1, 0.15) is 13.8 Å². The van der Waals surface area contributed by atoms with Gasteiger partial charge in [-0.05, 0) is 61.6 Å². The second kappa shape index (κ2) is 9.46. The van der Waals surface area contributed by atoms with Crippen LogP contribution in [0.15, 0.2) is 34.3 Å². The molecule has 2 fully saturated rings. The number of aromatic nitrogens is 2. The van der Waals surface area contributed by atoms with Crippen molar-refractivity contribution in [1.82, 2.24) is 18.9 Å². The van der Waals surface area contributed by atoms with Gasteiger partial charge in [0.1, 0.15) is 18.6 Å². The largest absolute Gasteiger partial charge is 0.343 e. The summed E-state index contributed by atoms with van der Waals surface area (Å²) in [6, 6.07) is 8.54. The summed E-state index contributed by atoms with van der Waals surface area (Å²) in [4.78, 5) is 37.8. The van der Waals surface area contributed by atoms with Crippen molar-refractivity contribution in [1.29, 1.82) is 0 Å². The molecule has 0 radical (unpaired) electrons. The Kier molecular flexibility index (Phi) is 6.22. The minimum Gasteiger partial charge on any atom is -0.343 e. The van der Waals surface area contributed by atoms with E-state index in [9.17, 15) is 9.59 Å². The molecular formula is C26H20N6O2S6. The molecule has 0 aliphatic carbocycles. The summed E-state index contributed by atoms with van der Waals surface area (Å²) in [5.74, 6) is -0.257. The fraction of sp³-hybridized carbons (Fsp3) is 0.231. The van der Waals surface area contributed by atoms with Crippen molar-refractivity contribution in [2.45, 2.75) is 13.8 Å². The highest BCUT2D eigenvalue weighted by atomic mass is 32.2. The number of carbonyl (C=O) groups excluding carboxylic acids is 2. The molecule has 8 nitrogen and oxygen atoms in total. The number of thiophene rings is 2. The maximum absolute atomic E-state index is 12.7. The Bertz CT molecular complexity index is 1910. The van der Waals surface area contributed by atoms with E-state index in [1.165, 1.54) is 23.5 Å². The van der Waals surface area contributed by atoms with Gasteiger partial charge in [-0.2, -0.15) is 0 Å². The minimum absolute atomic E-state index is 0.129. The van der Waals surface area contributed by atoms with Crippen molar-refractivity contribution in [3.8, 4) is 0 Å². The first-order valence-electron chi connectivity index (χ1n) is 12.4. The highest BCUT2D eigenvalue weighted by Gasteiger charge is 2.33. The van der Waals surface area contributed by atoms with Gasteiger partial charge >= 0.3 is 0 Å². The van der Waals surface area contributed by atoms with E-state index < -0.39 is 0 Å². The monoisotopic (exact) mass is 640 g/mol. The SMILES string of the molecule is CCN1C(=O)C(=Nc2cc3c(s2)c2cc4c(cc2n3C)c2sc(N=C3SC(=S)N(CC)C3=O)cc2n4C)SC1=S. The number of rotatable bonds is 4. The van der Waals surface area contributed by atoms with E-state index in [2.05, 4.69) is 45.3 Å². The van der Waals surface area contributed by atoms with Crippen molar-refractivity contribution in [2.75, 3.05) is 13.1 Å². The van der Waals surface area contributed by atoms with E-state index in [0.29, 0.717) is 31.8 Å². The fourth-order valence-corrected chi connectivity index (χ4v) is 9.99. The first-order valence-corrected chi connectivity index (χ1v) is 16.5. The molecule has 5 aromatic rings. The maximum atomic E-state index is 12.7. The summed E-state index contributed by atoms with van der Waals surface area (Å²) in [5.41, 5.74) is 4.39. The van der Waals surface area contributed by atoms with Crippen LogP contribution in [0.4, 0.5) is 10.0 Å². The van der Waals surface area contributed by atoms with Crippen molar-refractivity contribution in [3.63, 3.8) is 0 Å². The third-order valence-corrected chi connectivity index (χ3v) is 11.9. The summed E-state index contributed by atoms with van der Waals surface area (Å²) in [5, 5.41) is 4.72. The summed E-state index contributed by atoms with van der Waals surface area (Å²) >= 11 is 16.4. The quantitative estimate of drug-likeness (QED) is 0.199. The highest BCUT2D eigenvalue weighted by molar-refractivity contribution is 8.35. The van der Waals surface area contributed by atoms with Gasteiger partial charge in [-0.25, -0.2) is 9.98 Å². The van der Waals surface area contributed by atoms with Gasteiger partial charge in [0.25, 0.3) is 11.8 Å². The summed E-state index contributed by atoms with van der Waals surface area (Å²) in [7, 11) is 4.11. The van der Waals surface area contributed by atoms with Crippen molar-refractivity contribution < 1.29 is 9.59 Å². The van der Waals surface area contributed by atoms with Crippen LogP contribution in [-0.2, 0) is 23.7 Å². The van der Waals surface area contributed by atoms with Crippen LogP contribution in [0.2, 0.25) is 0 Å². The number of amides is 2. The van der Waals surface area contributed by atoms with Gasteiger partial charge in [0.2, 0.25) is 0 Å². The smallest absolute Gasteiger partial charge is 0.285 e. The van der Waals surface area contributed by atoms with Crippen molar-refractivity contribution in [2.24, 2.45) is 24.1 Å². The lowest BCUT2D eigenvalue weighted by atomic mass is 10.2. The number of aryl methyl sites for hydroxylation is 2. The highest BCUT2D eigenvalue weighted by Crippen LogP contribution is 2.45. The number of fused-ring (bicyclic) bond motifs is 6. The Morgan fingerprint density at radius 1 is 0.675 bits per heavy atom. The number of nitrogens with zero attached hydrogens (tertiary/aromatic N) is 6. The first-order chi connectivity index (χ1) is 19.2. The first kappa shape index (κ1) is 26.3. The molecule has 0 bridgehead atoms. The summed E-state index contributed by atoms with van der Waals surface area (Å²) < 4.78 is 7.73. The van der Waals surface area contributed by atoms with Gasteiger partial charge in [-0.3, -0.25) is 19.4 Å². The lowest BCUT2D eigenvalue weighted by molar-refractivity contribution is -0.120. The zero-order chi connectivity index (χ0) is 28.0. The molecule has 2 saturated heterocycles. The second-order valence-electron chi connectivity index (χ2n) is 9.27. The van der Waals surface area contributed by atoms with Gasteiger partial charge in [0.15, 0.2) is 10.1 Å². The Morgan fingerprint density at radius 3 is 1.43 bits per heavy atom. The molecular weight excluding hydrogens is 621 g/mol. The maximum Gasteiger partial charge on any atom is 0.285 e. The average molecular weight is 641 g/mol. The molecule has 2 aliphatic heterocycles. The number of thiocarbonyl (C=S) groups is 2. The van der Waals surface area contributed by atoms with Crippen LogP contribution < -0.4 is 0 Å². The van der Waals surface area contributed by atoms with E-state index >= 15 is 0 Å². The predicted molar refractivity (Wildman–Crippen MR) is 180 cm³/mol. The molecule has 2 aliphatic rings. The van der Waals surface area contributed by atoms with Gasteiger partial charge in [-0.15, -0.1) is 22.7 Å². The number of hydrogen-bond acceptors (Lipinski definition) is 10. The van der Waals surface area contributed by atoms with E-state index in [0.717, 1.165) is 52.2 Å². The van der Waals surface area contributed by atoms with Crippen molar-refractivity contribution in [3.05, 3.63) is 24.3 Å².